The molecule has 0 atom stereocenters. The molecule has 0 spiro atoms. The number of hydrogen-bond donors (Lipinski definition) is 1. The molecule has 2 N–H and O–H groups in total. The number of thiazole rings is 1. The number of nitrogens with zero attached hydrogens (tertiary/aromatic N) is 3. The molecule has 2 heterocycles. The summed E-state index contributed by atoms with van der Waals surface area (Å²) in [7, 11) is 0. The Bertz CT molecular complexity index is 322. The number of nitrogen functional groups attached to an aromatic ring is 1. The van der Waals surface area contributed by atoms with Crippen LogP contribution in [0.4, 0.5) is 5.13 Å². The predicted molar refractivity (Wildman–Crippen MR) is 39.6 cm³/mol. The fraction of sp³-hybridized carbons (Fsp3) is 0. The van der Waals surface area contributed by atoms with Crippen LogP contribution in [-0.2, 0) is 0 Å². The van der Waals surface area contributed by atoms with E-state index in [1.54, 1.807) is 6.20 Å². The molecule has 0 radical (unpaired) electrons. The molecule has 0 fully saturated rings. The van der Waals surface area contributed by atoms with Gasteiger partial charge in [0.25, 0.3) is 0 Å². The van der Waals surface area contributed by atoms with Gasteiger partial charge in [0.1, 0.15) is 6.33 Å². The number of aromatic nitrogens is 3. The summed E-state index contributed by atoms with van der Waals surface area (Å²) < 4.78 is 0.931. The fourth-order valence-electron chi connectivity index (χ4n) is 0.706. The summed E-state index contributed by atoms with van der Waals surface area (Å²) in [6, 6.07) is 0. The van der Waals surface area contributed by atoms with E-state index < -0.39 is 0 Å². The van der Waals surface area contributed by atoms with Gasteiger partial charge in [-0.25, -0.2) is 15.0 Å². The van der Waals surface area contributed by atoms with Gasteiger partial charge in [0.15, 0.2) is 10.8 Å². The Morgan fingerprint density at radius 2 is 2.40 bits per heavy atom. The summed E-state index contributed by atoms with van der Waals surface area (Å²) in [6.45, 7) is 0. The molecule has 2 rings (SSSR count). The minimum absolute atomic E-state index is 0.538. The van der Waals surface area contributed by atoms with Gasteiger partial charge in [0.2, 0.25) is 0 Å². The lowest BCUT2D eigenvalue weighted by atomic mass is 10.6. The lowest BCUT2D eigenvalue weighted by molar-refractivity contribution is 1.20. The zero-order chi connectivity index (χ0) is 6.97. The number of nitrogens with two attached hydrogens (primary N) is 1. The molecule has 2 aromatic heterocycles. The maximum atomic E-state index is 5.43. The third kappa shape index (κ3) is 0.714. The molecule has 5 heteroatoms. The summed E-state index contributed by atoms with van der Waals surface area (Å²) in [6.07, 6.45) is 3.16. The molecular formula is C5H4N4S. The van der Waals surface area contributed by atoms with Crippen molar-refractivity contribution < 1.29 is 0 Å². The third-order valence-corrected chi connectivity index (χ3v) is 1.90. The number of hydrogen-bond acceptors (Lipinski definition) is 5. The molecule has 0 saturated carbocycles. The molecule has 0 aliphatic carbocycles. The zero-order valence-electron chi connectivity index (χ0n) is 4.98. The van der Waals surface area contributed by atoms with Crippen molar-refractivity contribution in [2.24, 2.45) is 0 Å². The number of rotatable bonds is 0. The lowest BCUT2D eigenvalue weighted by Crippen LogP contribution is -1.80. The molecule has 0 bridgehead atoms. The minimum Gasteiger partial charge on any atom is -0.375 e. The Balaban J connectivity index is 2.88. The zero-order valence-corrected chi connectivity index (χ0v) is 5.80. The molecule has 0 saturated heterocycles. The molecule has 2 aromatic rings. The molecule has 50 valence electrons. The van der Waals surface area contributed by atoms with E-state index >= 15 is 0 Å². The van der Waals surface area contributed by atoms with Crippen molar-refractivity contribution in [1.29, 1.82) is 0 Å². The molecular weight excluding hydrogens is 148 g/mol. The van der Waals surface area contributed by atoms with E-state index in [2.05, 4.69) is 15.0 Å². The molecule has 10 heavy (non-hydrogen) atoms. The second kappa shape index (κ2) is 1.88. The first-order valence-electron chi connectivity index (χ1n) is 2.68. The minimum atomic E-state index is 0.538. The maximum Gasteiger partial charge on any atom is 0.182 e. The smallest absolute Gasteiger partial charge is 0.182 e. The van der Waals surface area contributed by atoms with Gasteiger partial charge in [-0.05, 0) is 0 Å². The van der Waals surface area contributed by atoms with Gasteiger partial charge in [-0.3, -0.25) is 0 Å². The van der Waals surface area contributed by atoms with E-state index in [1.807, 2.05) is 0 Å². The van der Waals surface area contributed by atoms with Gasteiger partial charge in [-0.15, -0.1) is 0 Å². The van der Waals surface area contributed by atoms with E-state index in [0.717, 1.165) is 4.70 Å². The van der Waals surface area contributed by atoms with E-state index in [4.69, 9.17) is 5.73 Å². The molecule has 0 amide bonds. The average molecular weight is 152 g/mol. The first-order valence-corrected chi connectivity index (χ1v) is 3.50. The van der Waals surface area contributed by atoms with Crippen molar-refractivity contribution in [1.82, 2.24) is 15.0 Å². The highest BCUT2D eigenvalue weighted by Crippen LogP contribution is 2.19. The van der Waals surface area contributed by atoms with E-state index in [9.17, 15) is 0 Å². The van der Waals surface area contributed by atoms with Crippen LogP contribution in [0.25, 0.3) is 10.3 Å². The van der Waals surface area contributed by atoms with Crippen molar-refractivity contribution in [2.45, 2.75) is 0 Å². The van der Waals surface area contributed by atoms with Crippen molar-refractivity contribution in [3.8, 4) is 0 Å². The van der Waals surface area contributed by atoms with Gasteiger partial charge < -0.3 is 5.73 Å². The summed E-state index contributed by atoms with van der Waals surface area (Å²) in [4.78, 5) is 11.7. The maximum absolute atomic E-state index is 5.43. The summed E-state index contributed by atoms with van der Waals surface area (Å²) >= 11 is 1.39. The predicted octanol–water partition coefficient (Wildman–Crippen LogP) is 0.669. The van der Waals surface area contributed by atoms with Crippen LogP contribution < -0.4 is 5.73 Å². The third-order valence-electron chi connectivity index (χ3n) is 1.09. The molecule has 0 aliphatic heterocycles. The van der Waals surface area contributed by atoms with Crippen LogP contribution in [0.2, 0.25) is 0 Å². The molecule has 0 aliphatic rings. The average Bonchev–Trinajstić information content (AvgIpc) is 2.27. The van der Waals surface area contributed by atoms with Gasteiger partial charge in [-0.1, -0.05) is 11.3 Å². The van der Waals surface area contributed by atoms with Crippen LogP contribution in [0.1, 0.15) is 0 Å². The second-order valence-corrected chi connectivity index (χ2v) is 2.82. The largest absolute Gasteiger partial charge is 0.375 e. The molecule has 0 aromatic carbocycles. The van der Waals surface area contributed by atoms with Crippen LogP contribution in [-0.4, -0.2) is 15.0 Å². The highest BCUT2D eigenvalue weighted by Gasteiger charge is 1.98. The Labute approximate surface area is 60.8 Å². The van der Waals surface area contributed by atoms with Gasteiger partial charge in [0, 0.05) is 6.20 Å². The van der Waals surface area contributed by atoms with Crippen LogP contribution >= 0.6 is 11.3 Å². The summed E-state index contributed by atoms with van der Waals surface area (Å²) in [5.41, 5.74) is 6.11. The first-order chi connectivity index (χ1) is 4.86. The SMILES string of the molecule is Nc1nc2ncncc2s1. The fourth-order valence-corrected chi connectivity index (χ4v) is 1.37. The highest BCUT2D eigenvalue weighted by molar-refractivity contribution is 7.21. The Hall–Kier alpha value is -1.23. The van der Waals surface area contributed by atoms with Gasteiger partial charge >= 0.3 is 0 Å². The van der Waals surface area contributed by atoms with E-state index in [0.29, 0.717) is 10.8 Å². The van der Waals surface area contributed by atoms with Gasteiger partial charge in [0.05, 0.1) is 4.70 Å². The summed E-state index contributed by atoms with van der Waals surface area (Å²) in [5.74, 6) is 0. The van der Waals surface area contributed by atoms with Crippen molar-refractivity contribution in [2.75, 3.05) is 5.73 Å². The van der Waals surface area contributed by atoms with Crippen molar-refractivity contribution in [3.63, 3.8) is 0 Å². The highest BCUT2D eigenvalue weighted by atomic mass is 32.1. The molecule has 4 nitrogen and oxygen atoms in total. The molecule has 0 unspecified atom stereocenters. The van der Waals surface area contributed by atoms with Crippen LogP contribution in [0.15, 0.2) is 12.5 Å². The van der Waals surface area contributed by atoms with Crippen LogP contribution in [0.5, 0.6) is 0 Å². The Kier molecular flexibility index (Phi) is 1.04. The quantitative estimate of drug-likeness (QED) is 0.602. The normalized spacial score (nSPS) is 10.4. The van der Waals surface area contributed by atoms with Crippen molar-refractivity contribution >= 4 is 26.8 Å². The lowest BCUT2D eigenvalue weighted by Gasteiger charge is -1.79. The standard InChI is InChI=1S/C5H4N4S/c6-5-9-4-3(10-5)1-7-2-8-4/h1-2H,(H2,6,7,8,9). The van der Waals surface area contributed by atoms with Crippen molar-refractivity contribution in [3.05, 3.63) is 12.5 Å². The topological polar surface area (TPSA) is 64.7 Å². The second-order valence-electron chi connectivity index (χ2n) is 1.76. The van der Waals surface area contributed by atoms with Gasteiger partial charge in [-0.2, -0.15) is 0 Å². The Morgan fingerprint density at radius 1 is 1.50 bits per heavy atom. The Morgan fingerprint density at radius 3 is 3.20 bits per heavy atom. The first kappa shape index (κ1) is 5.55. The summed E-state index contributed by atoms with van der Waals surface area (Å²) in [5, 5.41) is 0.538. The van der Waals surface area contributed by atoms with E-state index in [1.165, 1.54) is 17.7 Å². The monoisotopic (exact) mass is 152 g/mol. The number of fused-ring (bicyclic) bond motifs is 1. The van der Waals surface area contributed by atoms with Crippen LogP contribution in [0, 0.1) is 0 Å². The number of anilines is 1. The van der Waals surface area contributed by atoms with E-state index in [-0.39, 0.29) is 0 Å². The van der Waals surface area contributed by atoms with Crippen LogP contribution in [0.3, 0.4) is 0 Å².